The van der Waals surface area contributed by atoms with Crippen LogP contribution in [0.2, 0.25) is 0 Å². The summed E-state index contributed by atoms with van der Waals surface area (Å²) in [6.07, 6.45) is 0. The maximum atomic E-state index is 9.29. The quantitative estimate of drug-likeness (QED) is 0.748. The lowest BCUT2D eigenvalue weighted by Crippen LogP contribution is -1.92. The van der Waals surface area contributed by atoms with E-state index in [2.05, 4.69) is 4.98 Å². The van der Waals surface area contributed by atoms with Crippen molar-refractivity contribution in [2.24, 2.45) is 0 Å². The van der Waals surface area contributed by atoms with Gasteiger partial charge in [-0.05, 0) is 55.5 Å². The molecule has 5 nitrogen and oxygen atoms in total. The lowest BCUT2D eigenvalue weighted by Gasteiger charge is -2.10. The Morgan fingerprint density at radius 3 is 1.78 bits per heavy atom. The van der Waals surface area contributed by atoms with Crippen LogP contribution in [0.4, 0.5) is 0 Å². The van der Waals surface area contributed by atoms with Crippen molar-refractivity contribution in [1.82, 2.24) is 4.98 Å². The van der Waals surface area contributed by atoms with Crippen molar-refractivity contribution in [2.75, 3.05) is 0 Å². The van der Waals surface area contributed by atoms with E-state index >= 15 is 0 Å². The smallest absolute Gasteiger partial charge is 0.223 e. The Morgan fingerprint density at radius 2 is 1.22 bits per heavy atom. The molecular formula is C18H15NO4. The van der Waals surface area contributed by atoms with Crippen molar-refractivity contribution >= 4 is 0 Å². The van der Waals surface area contributed by atoms with Crippen LogP contribution in [0.1, 0.15) is 5.69 Å². The van der Waals surface area contributed by atoms with Gasteiger partial charge in [-0.25, -0.2) is 4.98 Å². The number of aromatic nitrogens is 1. The van der Waals surface area contributed by atoms with Crippen LogP contribution >= 0.6 is 0 Å². The molecule has 0 aliphatic heterocycles. The number of ether oxygens (including phenoxy) is 2. The summed E-state index contributed by atoms with van der Waals surface area (Å²) in [5, 5.41) is 18.6. The highest BCUT2D eigenvalue weighted by Gasteiger charge is 2.05. The van der Waals surface area contributed by atoms with E-state index in [0.29, 0.717) is 23.1 Å². The molecule has 2 N–H and O–H groups in total. The molecule has 0 aliphatic rings. The minimum Gasteiger partial charge on any atom is -0.508 e. The number of phenols is 2. The van der Waals surface area contributed by atoms with Gasteiger partial charge in [-0.1, -0.05) is 0 Å². The Hall–Kier alpha value is -3.21. The van der Waals surface area contributed by atoms with Crippen molar-refractivity contribution in [3.8, 4) is 34.6 Å². The van der Waals surface area contributed by atoms with Gasteiger partial charge in [0.2, 0.25) is 5.88 Å². The van der Waals surface area contributed by atoms with E-state index in [1.54, 1.807) is 60.7 Å². The van der Waals surface area contributed by atoms with E-state index in [-0.39, 0.29) is 11.5 Å². The van der Waals surface area contributed by atoms with Gasteiger partial charge < -0.3 is 19.7 Å². The summed E-state index contributed by atoms with van der Waals surface area (Å²) in [5.41, 5.74) is 0.745. The first-order valence-electron chi connectivity index (χ1n) is 7.01. The number of aromatic hydroxyl groups is 2. The number of hydrogen-bond donors (Lipinski definition) is 2. The first-order chi connectivity index (χ1) is 11.1. The van der Waals surface area contributed by atoms with Crippen LogP contribution < -0.4 is 9.47 Å². The Labute approximate surface area is 133 Å². The average Bonchev–Trinajstić information content (AvgIpc) is 2.51. The van der Waals surface area contributed by atoms with Crippen molar-refractivity contribution in [1.29, 1.82) is 0 Å². The molecule has 3 aromatic rings. The van der Waals surface area contributed by atoms with Crippen LogP contribution in [-0.2, 0) is 0 Å². The zero-order valence-corrected chi connectivity index (χ0v) is 12.4. The molecule has 1 heterocycles. The van der Waals surface area contributed by atoms with Crippen LogP contribution in [0.3, 0.4) is 0 Å². The van der Waals surface area contributed by atoms with Crippen LogP contribution in [0.25, 0.3) is 0 Å². The largest absolute Gasteiger partial charge is 0.508 e. The summed E-state index contributed by atoms with van der Waals surface area (Å²) in [6, 6.07) is 16.3. The van der Waals surface area contributed by atoms with Crippen molar-refractivity contribution in [2.45, 2.75) is 6.92 Å². The highest BCUT2D eigenvalue weighted by Crippen LogP contribution is 2.29. The van der Waals surface area contributed by atoms with Crippen LogP contribution in [0.5, 0.6) is 34.6 Å². The highest BCUT2D eigenvalue weighted by atomic mass is 16.5. The molecule has 0 radical (unpaired) electrons. The second kappa shape index (κ2) is 6.27. The minimum absolute atomic E-state index is 0.172. The summed E-state index contributed by atoms with van der Waals surface area (Å²) in [7, 11) is 0. The van der Waals surface area contributed by atoms with Gasteiger partial charge >= 0.3 is 0 Å². The van der Waals surface area contributed by atoms with Gasteiger partial charge in [0.05, 0.1) is 0 Å². The number of rotatable bonds is 4. The predicted molar refractivity (Wildman–Crippen MR) is 85.3 cm³/mol. The van der Waals surface area contributed by atoms with Gasteiger partial charge in [-0.15, -0.1) is 0 Å². The molecule has 0 bridgehead atoms. The number of benzene rings is 2. The van der Waals surface area contributed by atoms with E-state index < -0.39 is 0 Å². The van der Waals surface area contributed by atoms with Crippen molar-refractivity contribution in [3.63, 3.8) is 0 Å². The molecule has 5 heteroatoms. The fraction of sp³-hybridized carbons (Fsp3) is 0.0556. The van der Waals surface area contributed by atoms with Crippen molar-refractivity contribution < 1.29 is 19.7 Å². The molecule has 0 amide bonds. The Balaban J connectivity index is 1.81. The molecule has 0 aliphatic carbocycles. The maximum Gasteiger partial charge on any atom is 0.223 e. The first-order valence-corrected chi connectivity index (χ1v) is 7.01. The van der Waals surface area contributed by atoms with Gasteiger partial charge in [-0.3, -0.25) is 0 Å². The van der Waals surface area contributed by atoms with Crippen LogP contribution in [-0.4, -0.2) is 15.2 Å². The average molecular weight is 309 g/mol. The predicted octanol–water partition coefficient (Wildman–Crippen LogP) is 4.39. The van der Waals surface area contributed by atoms with E-state index in [9.17, 15) is 10.2 Å². The molecule has 3 rings (SSSR count). The second-order valence-corrected chi connectivity index (χ2v) is 4.97. The zero-order chi connectivity index (χ0) is 16.2. The standard InChI is InChI=1S/C18H15NO4/c1-12-10-17(22-15-6-2-13(20)3-7-15)11-18(19-12)23-16-8-4-14(21)5-9-16/h2-11,20-21H,1H3. The summed E-state index contributed by atoms with van der Waals surface area (Å²) >= 11 is 0. The monoisotopic (exact) mass is 309 g/mol. The molecule has 0 saturated carbocycles. The third kappa shape index (κ3) is 3.91. The molecule has 116 valence electrons. The van der Waals surface area contributed by atoms with Crippen LogP contribution in [0.15, 0.2) is 60.7 Å². The molecule has 0 saturated heterocycles. The normalized spacial score (nSPS) is 10.3. The number of pyridine rings is 1. The van der Waals surface area contributed by atoms with E-state index in [1.807, 2.05) is 6.92 Å². The van der Waals surface area contributed by atoms with Gasteiger partial charge in [0.15, 0.2) is 0 Å². The third-order valence-electron chi connectivity index (χ3n) is 3.03. The lowest BCUT2D eigenvalue weighted by atomic mass is 10.3. The Morgan fingerprint density at radius 1 is 0.696 bits per heavy atom. The topological polar surface area (TPSA) is 71.8 Å². The lowest BCUT2D eigenvalue weighted by molar-refractivity contribution is 0.439. The zero-order valence-electron chi connectivity index (χ0n) is 12.4. The van der Waals surface area contributed by atoms with Gasteiger partial charge in [0, 0.05) is 17.8 Å². The number of nitrogens with zero attached hydrogens (tertiary/aromatic N) is 1. The van der Waals surface area contributed by atoms with Gasteiger partial charge in [0.1, 0.15) is 28.7 Å². The summed E-state index contributed by atoms with van der Waals surface area (Å²) < 4.78 is 11.4. The maximum absolute atomic E-state index is 9.29. The number of phenolic OH excluding ortho intramolecular Hbond substituents is 2. The van der Waals surface area contributed by atoms with Crippen molar-refractivity contribution in [3.05, 3.63) is 66.4 Å². The number of hydrogen-bond acceptors (Lipinski definition) is 5. The molecule has 0 unspecified atom stereocenters. The SMILES string of the molecule is Cc1cc(Oc2ccc(O)cc2)cc(Oc2ccc(O)cc2)n1. The first kappa shape index (κ1) is 14.7. The molecule has 0 fully saturated rings. The van der Waals surface area contributed by atoms with Crippen LogP contribution in [0, 0.1) is 6.92 Å². The van der Waals surface area contributed by atoms with Gasteiger partial charge in [-0.2, -0.15) is 0 Å². The molecule has 23 heavy (non-hydrogen) atoms. The summed E-state index contributed by atoms with van der Waals surface area (Å²) in [4.78, 5) is 4.30. The van der Waals surface area contributed by atoms with Gasteiger partial charge in [0.25, 0.3) is 0 Å². The molecular weight excluding hydrogens is 294 g/mol. The third-order valence-corrected chi connectivity index (χ3v) is 3.03. The summed E-state index contributed by atoms with van der Waals surface area (Å²) in [5.74, 6) is 2.49. The molecule has 0 atom stereocenters. The Bertz CT molecular complexity index is 733. The van der Waals surface area contributed by atoms with E-state index in [4.69, 9.17) is 9.47 Å². The second-order valence-electron chi connectivity index (χ2n) is 4.97. The van der Waals surface area contributed by atoms with E-state index in [1.165, 1.54) is 0 Å². The summed E-state index contributed by atoms with van der Waals surface area (Å²) in [6.45, 7) is 1.84. The number of aryl methyl sites for hydroxylation is 1. The molecule has 1 aromatic heterocycles. The highest BCUT2D eigenvalue weighted by molar-refractivity contribution is 5.39. The fourth-order valence-electron chi connectivity index (χ4n) is 2.00. The minimum atomic E-state index is 0.172. The van der Waals surface area contributed by atoms with E-state index in [0.717, 1.165) is 5.69 Å². The molecule has 2 aromatic carbocycles. The Kier molecular flexibility index (Phi) is 4.01. The molecule has 0 spiro atoms. The fourth-order valence-corrected chi connectivity index (χ4v) is 2.00.